The van der Waals surface area contributed by atoms with Crippen LogP contribution in [0.2, 0.25) is 0 Å². The van der Waals surface area contributed by atoms with E-state index in [1.165, 1.54) is 25.7 Å². The first-order valence-corrected chi connectivity index (χ1v) is 13.2. The predicted octanol–water partition coefficient (Wildman–Crippen LogP) is 5.51. The third kappa shape index (κ3) is 2.22. The van der Waals surface area contributed by atoms with Gasteiger partial charge < -0.3 is 13.9 Å². The van der Waals surface area contributed by atoms with E-state index in [2.05, 4.69) is 0 Å². The second kappa shape index (κ2) is 6.37. The van der Waals surface area contributed by atoms with Gasteiger partial charge in [-0.25, -0.2) is 0 Å². The minimum absolute atomic E-state index is 0.0581. The topological polar surface area (TPSA) is 65.7 Å². The van der Waals surface area contributed by atoms with Crippen molar-refractivity contribution in [3.05, 3.63) is 69.6 Å². The lowest BCUT2D eigenvalue weighted by atomic mass is 9.62. The molecule has 5 heteroatoms. The number of Topliss-reactive ketones (excluding diaryl/α,β-unsaturated/α-hetero) is 1. The van der Waals surface area contributed by atoms with Gasteiger partial charge in [-0.05, 0) is 103 Å². The lowest BCUT2D eigenvalue weighted by Crippen LogP contribution is -2.38. The molecule has 0 radical (unpaired) electrons. The van der Waals surface area contributed by atoms with Crippen LogP contribution in [-0.4, -0.2) is 12.6 Å². The summed E-state index contributed by atoms with van der Waals surface area (Å²) in [6.45, 7) is 0.181. The Balaban J connectivity index is 1.25. The Morgan fingerprint density at radius 2 is 1.66 bits per heavy atom. The summed E-state index contributed by atoms with van der Waals surface area (Å²) in [7, 11) is 0. The first-order valence-electron chi connectivity index (χ1n) is 13.2. The fraction of sp³-hybridized carbons (Fsp3) is 0.467. The minimum atomic E-state index is -0.400. The standard InChI is InChI=1S/C30H26O5/c31-28(15-7-8-20-21(10-15)34-12-33-20)26-24-17-11-18(23-14-6-5-13(9-14)22(17)23)25(24)27-29(32)16-3-1-2-4-19(16)35-30(26)27/h1-4,7-8,10,13-14,17-18,22-26H,5-6,9,11-12H2/t13-,14+,17-,18+,22-,23+,24-,25+,26-/m1/s1. The summed E-state index contributed by atoms with van der Waals surface area (Å²) in [6.07, 6.45) is 5.24. The van der Waals surface area contributed by atoms with E-state index in [1.54, 1.807) is 0 Å². The van der Waals surface area contributed by atoms with Crippen LogP contribution in [0.5, 0.6) is 11.5 Å². The molecule has 35 heavy (non-hydrogen) atoms. The van der Waals surface area contributed by atoms with Crippen LogP contribution >= 0.6 is 0 Å². The Kier molecular flexibility index (Phi) is 3.49. The molecule has 1 aromatic heterocycles. The molecule has 9 atom stereocenters. The molecule has 1 aliphatic heterocycles. The van der Waals surface area contributed by atoms with Crippen molar-refractivity contribution in [2.24, 2.45) is 41.4 Å². The summed E-state index contributed by atoms with van der Waals surface area (Å²) in [4.78, 5) is 28.2. The molecule has 9 rings (SSSR count). The Hall–Kier alpha value is -3.08. The van der Waals surface area contributed by atoms with E-state index in [4.69, 9.17) is 13.9 Å². The quantitative estimate of drug-likeness (QED) is 0.368. The van der Waals surface area contributed by atoms with Crippen molar-refractivity contribution in [2.75, 3.05) is 6.79 Å². The number of benzene rings is 2. The summed E-state index contributed by atoms with van der Waals surface area (Å²) in [5, 5.41) is 0.647. The minimum Gasteiger partial charge on any atom is -0.460 e. The Labute approximate surface area is 202 Å². The van der Waals surface area contributed by atoms with Gasteiger partial charge in [-0.1, -0.05) is 12.1 Å². The molecule has 6 aliphatic rings. The molecule has 0 amide bonds. The van der Waals surface area contributed by atoms with E-state index in [9.17, 15) is 9.59 Å². The molecule has 176 valence electrons. The van der Waals surface area contributed by atoms with Gasteiger partial charge in [0.1, 0.15) is 11.3 Å². The zero-order valence-electron chi connectivity index (χ0n) is 19.3. The largest absolute Gasteiger partial charge is 0.460 e. The molecule has 0 N–H and O–H groups in total. The van der Waals surface area contributed by atoms with Crippen molar-refractivity contribution in [1.82, 2.24) is 0 Å². The van der Waals surface area contributed by atoms with Crippen molar-refractivity contribution < 1.29 is 18.7 Å². The number of rotatable bonds is 2. The van der Waals surface area contributed by atoms with Gasteiger partial charge in [0.25, 0.3) is 0 Å². The van der Waals surface area contributed by atoms with Gasteiger partial charge in [-0.3, -0.25) is 9.59 Å². The fourth-order valence-electron chi connectivity index (χ4n) is 9.91. The van der Waals surface area contributed by atoms with Gasteiger partial charge in [0.2, 0.25) is 6.79 Å². The summed E-state index contributed by atoms with van der Waals surface area (Å²) in [5.74, 6) is 6.04. The highest BCUT2D eigenvalue weighted by molar-refractivity contribution is 6.02. The molecule has 3 aromatic rings. The van der Waals surface area contributed by atoms with Gasteiger partial charge in [0, 0.05) is 11.1 Å². The van der Waals surface area contributed by atoms with E-state index in [-0.39, 0.29) is 29.8 Å². The van der Waals surface area contributed by atoms with Gasteiger partial charge in [-0.15, -0.1) is 0 Å². The number of hydrogen-bond acceptors (Lipinski definition) is 5. The van der Waals surface area contributed by atoms with E-state index in [0.717, 1.165) is 29.2 Å². The van der Waals surface area contributed by atoms with Crippen molar-refractivity contribution in [1.29, 1.82) is 0 Å². The van der Waals surface area contributed by atoms with Crippen molar-refractivity contribution in [2.45, 2.75) is 37.5 Å². The number of ether oxygens (including phenoxy) is 2. The molecular formula is C30H26O5. The third-order valence-electron chi connectivity index (χ3n) is 10.8. The zero-order chi connectivity index (χ0) is 23.0. The number of hydrogen-bond donors (Lipinski definition) is 0. The van der Waals surface area contributed by atoms with Crippen molar-refractivity contribution >= 4 is 16.8 Å². The maximum absolute atomic E-state index is 14.3. The highest BCUT2D eigenvalue weighted by atomic mass is 16.7. The van der Waals surface area contributed by atoms with Crippen LogP contribution in [0.4, 0.5) is 0 Å². The van der Waals surface area contributed by atoms with Crippen LogP contribution in [-0.2, 0) is 0 Å². The van der Waals surface area contributed by atoms with Crippen LogP contribution in [0, 0.1) is 41.4 Å². The van der Waals surface area contributed by atoms with Crippen LogP contribution in [0.25, 0.3) is 11.0 Å². The molecule has 4 fully saturated rings. The maximum atomic E-state index is 14.3. The number of carbonyl (C=O) groups excluding carboxylic acids is 1. The van der Waals surface area contributed by atoms with E-state index >= 15 is 0 Å². The average molecular weight is 467 g/mol. The zero-order valence-corrected chi connectivity index (χ0v) is 19.3. The SMILES string of the molecule is O=C(c1ccc2c(c1)OCO2)[C@@H]1c2oc3ccccc3c(=O)c2[C@H]2[C@H]3C[C@H]([C@H]4[C@@H]5CC[C@@H](C5)[C@@H]34)[C@H]21. The maximum Gasteiger partial charge on any atom is 0.231 e. The molecule has 4 bridgehead atoms. The first-order chi connectivity index (χ1) is 17.2. The monoisotopic (exact) mass is 466 g/mol. The normalized spacial score (nSPS) is 38.7. The van der Waals surface area contributed by atoms with E-state index in [1.807, 2.05) is 42.5 Å². The molecule has 2 aromatic carbocycles. The number of para-hydroxylation sites is 1. The van der Waals surface area contributed by atoms with E-state index < -0.39 is 5.92 Å². The Morgan fingerprint density at radius 1 is 0.857 bits per heavy atom. The number of ketones is 1. The average Bonchev–Trinajstić information content (AvgIpc) is 3.70. The van der Waals surface area contributed by atoms with Crippen molar-refractivity contribution in [3.63, 3.8) is 0 Å². The van der Waals surface area contributed by atoms with Gasteiger partial charge in [0.05, 0.1) is 11.3 Å². The van der Waals surface area contributed by atoms with Crippen molar-refractivity contribution in [3.8, 4) is 11.5 Å². The Bertz CT molecular complexity index is 1500. The summed E-state index contributed by atoms with van der Waals surface area (Å²) < 4.78 is 17.6. The summed E-state index contributed by atoms with van der Waals surface area (Å²) >= 11 is 0. The van der Waals surface area contributed by atoms with Crippen LogP contribution in [0.1, 0.15) is 59.2 Å². The fourth-order valence-corrected chi connectivity index (χ4v) is 9.91. The van der Waals surface area contributed by atoms with Crippen LogP contribution in [0.3, 0.4) is 0 Å². The molecule has 2 heterocycles. The van der Waals surface area contributed by atoms with Crippen LogP contribution < -0.4 is 14.9 Å². The molecule has 5 nitrogen and oxygen atoms in total. The Morgan fingerprint density at radius 3 is 2.54 bits per heavy atom. The van der Waals surface area contributed by atoms with Gasteiger partial charge in [-0.2, -0.15) is 0 Å². The number of carbonyl (C=O) groups is 1. The van der Waals surface area contributed by atoms with E-state index in [0.29, 0.717) is 45.6 Å². The molecule has 0 unspecified atom stereocenters. The molecule has 0 spiro atoms. The summed E-state index contributed by atoms with van der Waals surface area (Å²) in [6, 6.07) is 13.0. The third-order valence-corrected chi connectivity index (χ3v) is 10.8. The van der Waals surface area contributed by atoms with Gasteiger partial charge >= 0.3 is 0 Å². The highest BCUT2D eigenvalue weighted by Gasteiger charge is 2.70. The molecule has 5 aliphatic carbocycles. The smallest absolute Gasteiger partial charge is 0.231 e. The number of fused-ring (bicyclic) bond motifs is 16. The lowest BCUT2D eigenvalue weighted by molar-refractivity contribution is 0.0683. The first kappa shape index (κ1) is 19.1. The lowest BCUT2D eigenvalue weighted by Gasteiger charge is -2.42. The molecule has 0 saturated heterocycles. The van der Waals surface area contributed by atoms with Gasteiger partial charge in [0.15, 0.2) is 22.7 Å². The highest BCUT2D eigenvalue weighted by Crippen LogP contribution is 2.75. The molecular weight excluding hydrogens is 440 g/mol. The second-order valence-corrected chi connectivity index (χ2v) is 11.8. The van der Waals surface area contributed by atoms with Crippen LogP contribution in [0.15, 0.2) is 51.7 Å². The molecule has 4 saturated carbocycles. The second-order valence-electron chi connectivity index (χ2n) is 11.8. The predicted molar refractivity (Wildman–Crippen MR) is 128 cm³/mol. The summed E-state index contributed by atoms with van der Waals surface area (Å²) in [5.41, 5.74) is 2.12.